The van der Waals surface area contributed by atoms with E-state index in [1.54, 1.807) is 24.4 Å². The molecule has 5 heteroatoms. The largest absolute Gasteiger partial charge is 0.360 e. The Hall–Kier alpha value is -1.20. The average molecular weight is 299 g/mol. The molecule has 1 unspecified atom stereocenters. The Balaban J connectivity index is 2.04. The van der Waals surface area contributed by atoms with Crippen LogP contribution in [0.3, 0.4) is 0 Å². The third kappa shape index (κ3) is 3.14. The summed E-state index contributed by atoms with van der Waals surface area (Å²) in [5.41, 5.74) is 0.624. The molecule has 2 aromatic rings. The van der Waals surface area contributed by atoms with E-state index >= 15 is 0 Å². The Morgan fingerprint density at radius 1 is 1.47 bits per heavy atom. The van der Waals surface area contributed by atoms with Crippen molar-refractivity contribution >= 4 is 15.9 Å². The van der Waals surface area contributed by atoms with Gasteiger partial charge in [-0.2, -0.15) is 0 Å². The molecule has 0 bridgehead atoms. The molecule has 1 aromatic carbocycles. The Kier molecular flexibility index (Phi) is 3.91. The molecule has 0 aliphatic carbocycles. The molecule has 0 amide bonds. The SMILES string of the molecule is CC(NCc1ccno1)c1cc(Br)ccc1F. The molecule has 1 heterocycles. The molecule has 2 rings (SSSR count). The second kappa shape index (κ2) is 5.42. The van der Waals surface area contributed by atoms with Crippen molar-refractivity contribution in [3.05, 3.63) is 52.1 Å². The molecule has 3 nitrogen and oxygen atoms in total. The van der Waals surface area contributed by atoms with Crippen molar-refractivity contribution < 1.29 is 8.91 Å². The minimum atomic E-state index is -0.217. The standard InChI is InChI=1S/C12H12BrFN2O/c1-8(15-7-10-4-5-16-17-10)11-6-9(13)2-3-12(11)14/h2-6,8,15H,7H2,1H3. The summed E-state index contributed by atoms with van der Waals surface area (Å²) in [6.45, 7) is 2.42. The molecule has 90 valence electrons. The van der Waals surface area contributed by atoms with Gasteiger partial charge in [-0.05, 0) is 25.1 Å². The second-order valence-electron chi connectivity index (χ2n) is 3.75. The lowest BCUT2D eigenvalue weighted by Crippen LogP contribution is -2.18. The van der Waals surface area contributed by atoms with Gasteiger partial charge in [-0.3, -0.25) is 0 Å². The topological polar surface area (TPSA) is 38.1 Å². The summed E-state index contributed by atoms with van der Waals surface area (Å²) in [4.78, 5) is 0. The molecular weight excluding hydrogens is 287 g/mol. The Labute approximate surface area is 107 Å². The van der Waals surface area contributed by atoms with Crippen LogP contribution in [0.15, 0.2) is 39.5 Å². The first-order valence-corrected chi connectivity index (χ1v) is 6.04. The van der Waals surface area contributed by atoms with Gasteiger partial charge in [0.05, 0.1) is 12.7 Å². The van der Waals surface area contributed by atoms with Crippen LogP contribution in [0, 0.1) is 5.82 Å². The van der Waals surface area contributed by atoms with E-state index in [1.165, 1.54) is 6.07 Å². The summed E-state index contributed by atoms with van der Waals surface area (Å²) in [7, 11) is 0. The van der Waals surface area contributed by atoms with Crippen LogP contribution in [0.25, 0.3) is 0 Å². The van der Waals surface area contributed by atoms with E-state index in [2.05, 4.69) is 26.4 Å². The summed E-state index contributed by atoms with van der Waals surface area (Å²) < 4.78 is 19.4. The van der Waals surface area contributed by atoms with Gasteiger partial charge in [0, 0.05) is 22.1 Å². The number of halogens is 2. The van der Waals surface area contributed by atoms with E-state index in [1.807, 2.05) is 6.92 Å². The van der Waals surface area contributed by atoms with Gasteiger partial charge in [-0.25, -0.2) is 4.39 Å². The van der Waals surface area contributed by atoms with E-state index in [-0.39, 0.29) is 11.9 Å². The summed E-state index contributed by atoms with van der Waals surface area (Å²) in [5.74, 6) is 0.512. The molecule has 0 fully saturated rings. The highest BCUT2D eigenvalue weighted by Crippen LogP contribution is 2.21. The van der Waals surface area contributed by atoms with E-state index in [4.69, 9.17) is 4.52 Å². The van der Waals surface area contributed by atoms with Crippen LogP contribution in [0.1, 0.15) is 24.3 Å². The van der Waals surface area contributed by atoms with Gasteiger partial charge in [0.15, 0.2) is 0 Å². The van der Waals surface area contributed by atoms with Gasteiger partial charge in [-0.1, -0.05) is 21.1 Å². The van der Waals surface area contributed by atoms with Gasteiger partial charge in [0.1, 0.15) is 11.6 Å². The van der Waals surface area contributed by atoms with Gasteiger partial charge in [-0.15, -0.1) is 0 Å². The van der Waals surface area contributed by atoms with E-state index < -0.39 is 0 Å². The first-order valence-electron chi connectivity index (χ1n) is 5.24. The lowest BCUT2D eigenvalue weighted by atomic mass is 10.1. The van der Waals surface area contributed by atoms with E-state index in [0.29, 0.717) is 12.1 Å². The Morgan fingerprint density at radius 3 is 3.00 bits per heavy atom. The van der Waals surface area contributed by atoms with Crippen LogP contribution in [-0.4, -0.2) is 5.16 Å². The number of nitrogens with one attached hydrogen (secondary N) is 1. The predicted molar refractivity (Wildman–Crippen MR) is 65.9 cm³/mol. The first-order chi connectivity index (χ1) is 8.16. The van der Waals surface area contributed by atoms with Gasteiger partial charge >= 0.3 is 0 Å². The predicted octanol–water partition coefficient (Wildman–Crippen LogP) is 3.43. The zero-order valence-corrected chi connectivity index (χ0v) is 10.9. The minimum Gasteiger partial charge on any atom is -0.360 e. The Bertz CT molecular complexity index is 487. The fourth-order valence-electron chi connectivity index (χ4n) is 1.54. The summed E-state index contributed by atoms with van der Waals surface area (Å²) >= 11 is 3.33. The van der Waals surface area contributed by atoms with Gasteiger partial charge in [0.25, 0.3) is 0 Å². The van der Waals surface area contributed by atoms with Gasteiger partial charge < -0.3 is 9.84 Å². The van der Waals surface area contributed by atoms with Crippen molar-refractivity contribution in [3.8, 4) is 0 Å². The highest BCUT2D eigenvalue weighted by molar-refractivity contribution is 9.10. The number of hydrogen-bond donors (Lipinski definition) is 1. The normalized spacial score (nSPS) is 12.6. The van der Waals surface area contributed by atoms with Crippen LogP contribution >= 0.6 is 15.9 Å². The van der Waals surface area contributed by atoms with Crippen molar-refractivity contribution in [3.63, 3.8) is 0 Å². The number of hydrogen-bond acceptors (Lipinski definition) is 3. The maximum Gasteiger partial charge on any atom is 0.150 e. The third-order valence-corrected chi connectivity index (χ3v) is 2.99. The molecule has 1 atom stereocenters. The minimum absolute atomic E-state index is 0.0994. The van der Waals surface area contributed by atoms with Crippen molar-refractivity contribution in [1.29, 1.82) is 0 Å². The number of aromatic nitrogens is 1. The van der Waals surface area contributed by atoms with E-state index in [9.17, 15) is 4.39 Å². The Morgan fingerprint density at radius 2 is 2.29 bits per heavy atom. The molecule has 0 aliphatic heterocycles. The molecule has 0 saturated carbocycles. The number of rotatable bonds is 4. The molecule has 0 saturated heterocycles. The molecule has 0 radical (unpaired) electrons. The first kappa shape index (κ1) is 12.3. The number of nitrogens with zero attached hydrogens (tertiary/aromatic N) is 1. The molecular formula is C12H12BrFN2O. The van der Waals surface area contributed by atoms with Crippen LogP contribution in [-0.2, 0) is 6.54 Å². The maximum atomic E-state index is 13.6. The van der Waals surface area contributed by atoms with Crippen molar-refractivity contribution in [2.45, 2.75) is 19.5 Å². The van der Waals surface area contributed by atoms with Crippen molar-refractivity contribution in [1.82, 2.24) is 10.5 Å². The van der Waals surface area contributed by atoms with Crippen LogP contribution < -0.4 is 5.32 Å². The fourth-order valence-corrected chi connectivity index (χ4v) is 1.92. The van der Waals surface area contributed by atoms with E-state index in [0.717, 1.165) is 10.2 Å². The number of benzene rings is 1. The maximum absolute atomic E-state index is 13.6. The summed E-state index contributed by atoms with van der Waals surface area (Å²) in [6.07, 6.45) is 1.58. The highest BCUT2D eigenvalue weighted by atomic mass is 79.9. The smallest absolute Gasteiger partial charge is 0.150 e. The molecule has 17 heavy (non-hydrogen) atoms. The lowest BCUT2D eigenvalue weighted by molar-refractivity contribution is 0.365. The van der Waals surface area contributed by atoms with Crippen molar-refractivity contribution in [2.75, 3.05) is 0 Å². The zero-order valence-electron chi connectivity index (χ0n) is 9.28. The molecule has 1 aromatic heterocycles. The van der Waals surface area contributed by atoms with Crippen LogP contribution in [0.2, 0.25) is 0 Å². The average Bonchev–Trinajstić information content (AvgIpc) is 2.82. The monoisotopic (exact) mass is 298 g/mol. The summed E-state index contributed by atoms with van der Waals surface area (Å²) in [6, 6.07) is 6.58. The second-order valence-corrected chi connectivity index (χ2v) is 4.66. The summed E-state index contributed by atoms with van der Waals surface area (Å²) in [5, 5.41) is 6.78. The van der Waals surface area contributed by atoms with Crippen molar-refractivity contribution in [2.24, 2.45) is 0 Å². The van der Waals surface area contributed by atoms with Crippen LogP contribution in [0.5, 0.6) is 0 Å². The van der Waals surface area contributed by atoms with Gasteiger partial charge in [0.2, 0.25) is 0 Å². The fraction of sp³-hybridized carbons (Fsp3) is 0.250. The third-order valence-electron chi connectivity index (χ3n) is 2.50. The quantitative estimate of drug-likeness (QED) is 0.940. The molecule has 1 N–H and O–H groups in total. The molecule has 0 aliphatic rings. The lowest BCUT2D eigenvalue weighted by Gasteiger charge is -2.14. The zero-order chi connectivity index (χ0) is 12.3. The van der Waals surface area contributed by atoms with Crippen LogP contribution in [0.4, 0.5) is 4.39 Å². The molecule has 0 spiro atoms. The highest BCUT2D eigenvalue weighted by Gasteiger charge is 2.11.